The maximum atomic E-state index is 13.9. The number of piperazine rings is 1. The quantitative estimate of drug-likeness (QED) is 0.0669. The number of carbonyl (C=O) groups excluding carboxylic acids is 1. The van der Waals surface area contributed by atoms with E-state index in [1.807, 2.05) is 30.3 Å². The number of hydrogen-bond acceptors (Lipinski definition) is 12. The Bertz CT molecular complexity index is 2600. The number of hydrogen-bond donors (Lipinski definition) is 4. The molecule has 5 aromatic rings. The van der Waals surface area contributed by atoms with Crippen LogP contribution in [-0.4, -0.2) is 97.8 Å². The van der Waals surface area contributed by atoms with Crippen molar-refractivity contribution in [2.24, 2.45) is 11.3 Å². The number of sulfonamides is 1. The van der Waals surface area contributed by atoms with E-state index < -0.39 is 37.5 Å². The van der Waals surface area contributed by atoms with Crippen molar-refractivity contribution in [3.63, 3.8) is 0 Å². The number of aliphatic hydroxyl groups excluding tert-OH is 1. The molecule has 1 unspecified atom stereocenters. The van der Waals surface area contributed by atoms with Crippen LogP contribution in [0.3, 0.4) is 0 Å². The van der Waals surface area contributed by atoms with Gasteiger partial charge in [0.2, 0.25) is 0 Å². The lowest BCUT2D eigenvalue weighted by Crippen LogP contribution is -2.47. The number of pyridine rings is 1. The normalized spacial score (nSPS) is 18.8. The van der Waals surface area contributed by atoms with Crippen LogP contribution in [0.25, 0.3) is 16.6 Å². The molecule has 326 valence electrons. The molecule has 0 radical (unpaired) electrons. The van der Waals surface area contributed by atoms with E-state index in [0.29, 0.717) is 55.8 Å². The van der Waals surface area contributed by atoms with Gasteiger partial charge in [-0.2, -0.15) is 0 Å². The van der Waals surface area contributed by atoms with Crippen LogP contribution < -0.4 is 19.7 Å². The SMILES string of the molecule is CC1(C)CCC(CN2CCN(c3ccc(C(=O)NS(=O)(=O)c4ccc(NCC5CCOCC5)c([N+](=O)[O-])c4)c(Oc4cnc5[nH]ccc5c4)c3)CC2)=C(c2ccc(Cl)cc2)C1O. The first-order valence-corrected chi connectivity index (χ1v) is 22.7. The number of amides is 1. The molecule has 3 aliphatic rings. The van der Waals surface area contributed by atoms with E-state index >= 15 is 0 Å². The van der Waals surface area contributed by atoms with Gasteiger partial charge in [-0.25, -0.2) is 18.1 Å². The molecule has 0 spiro atoms. The zero-order chi connectivity index (χ0) is 43.6. The number of fused-ring (bicyclic) bond motifs is 1. The summed E-state index contributed by atoms with van der Waals surface area (Å²) in [4.78, 5) is 36.9. The second kappa shape index (κ2) is 18.1. The first-order valence-electron chi connectivity index (χ1n) is 20.8. The van der Waals surface area contributed by atoms with Crippen LogP contribution >= 0.6 is 11.6 Å². The third kappa shape index (κ3) is 9.59. The number of nitro groups is 1. The van der Waals surface area contributed by atoms with Gasteiger partial charge in [-0.3, -0.25) is 19.8 Å². The minimum Gasteiger partial charge on any atom is -0.455 e. The van der Waals surface area contributed by atoms with Crippen molar-refractivity contribution in [1.82, 2.24) is 19.6 Å². The number of benzene rings is 3. The molecule has 62 heavy (non-hydrogen) atoms. The molecular weight excluding hydrogens is 834 g/mol. The Labute approximate surface area is 365 Å². The smallest absolute Gasteiger partial charge is 0.293 e. The van der Waals surface area contributed by atoms with Gasteiger partial charge >= 0.3 is 0 Å². The lowest BCUT2D eigenvalue weighted by molar-refractivity contribution is -0.384. The van der Waals surface area contributed by atoms with E-state index in [1.54, 1.807) is 24.4 Å². The van der Waals surface area contributed by atoms with Crippen molar-refractivity contribution >= 4 is 61.2 Å². The Morgan fingerprint density at radius 3 is 2.55 bits per heavy atom. The van der Waals surface area contributed by atoms with Gasteiger partial charge in [0, 0.05) is 86.9 Å². The number of halogens is 1. The molecule has 2 aromatic heterocycles. The largest absolute Gasteiger partial charge is 0.455 e. The summed E-state index contributed by atoms with van der Waals surface area (Å²) in [6.07, 6.45) is 6.03. The average molecular weight is 884 g/mol. The van der Waals surface area contributed by atoms with Crippen LogP contribution in [0, 0.1) is 21.4 Å². The molecule has 0 saturated carbocycles. The van der Waals surface area contributed by atoms with Crippen LogP contribution in [0.15, 0.2) is 95.7 Å². The van der Waals surface area contributed by atoms with Crippen molar-refractivity contribution in [2.75, 3.05) is 62.7 Å². The summed E-state index contributed by atoms with van der Waals surface area (Å²) in [6, 6.07) is 19.8. The van der Waals surface area contributed by atoms with Crippen molar-refractivity contribution in [1.29, 1.82) is 0 Å². The fraction of sp³-hybridized carbons (Fsp3) is 0.378. The van der Waals surface area contributed by atoms with Gasteiger partial charge in [-0.05, 0) is 102 Å². The monoisotopic (exact) mass is 883 g/mol. The van der Waals surface area contributed by atoms with E-state index in [4.69, 9.17) is 21.1 Å². The van der Waals surface area contributed by atoms with E-state index in [2.05, 4.69) is 43.7 Å². The van der Waals surface area contributed by atoms with Gasteiger partial charge in [0.05, 0.1) is 27.7 Å². The average Bonchev–Trinajstić information content (AvgIpc) is 3.73. The molecule has 15 nitrogen and oxygen atoms in total. The summed E-state index contributed by atoms with van der Waals surface area (Å²) in [7, 11) is -4.57. The van der Waals surface area contributed by atoms with E-state index in [1.165, 1.54) is 30.0 Å². The highest BCUT2D eigenvalue weighted by Crippen LogP contribution is 2.44. The summed E-state index contributed by atoms with van der Waals surface area (Å²) >= 11 is 6.21. The molecule has 8 rings (SSSR count). The minimum absolute atomic E-state index is 0.0604. The first kappa shape index (κ1) is 43.1. The van der Waals surface area contributed by atoms with E-state index in [-0.39, 0.29) is 28.3 Å². The zero-order valence-corrected chi connectivity index (χ0v) is 36.2. The second-order valence-electron chi connectivity index (χ2n) is 16.9. The molecule has 17 heteroatoms. The standard InChI is InChI=1S/C45H50ClN7O8S/c1-45(2)15-11-32(41(42(45)54)30-3-5-33(46)6-4-30)28-51-17-19-52(20-18-51)34-7-9-37(40(24-34)61-35-23-31-12-16-47-43(31)49-27-35)44(55)50-62(58,59)36-8-10-38(39(25-36)53(56)57)48-26-29-13-21-60-22-14-29/h3-10,12,16,23-25,27,29,42,48,54H,11,13-15,17-22,26,28H2,1-2H3,(H,47,49)(H,50,55). The summed E-state index contributed by atoms with van der Waals surface area (Å²) in [5.74, 6) is -0.274. The Kier molecular flexibility index (Phi) is 12.6. The number of ether oxygens (including phenoxy) is 2. The number of aromatic nitrogens is 2. The number of nitro benzene ring substituents is 1. The third-order valence-electron chi connectivity index (χ3n) is 12.2. The number of anilines is 2. The zero-order valence-electron chi connectivity index (χ0n) is 34.6. The van der Waals surface area contributed by atoms with Crippen molar-refractivity contribution in [2.45, 2.75) is 50.5 Å². The Balaban J connectivity index is 1.01. The molecule has 4 N–H and O–H groups in total. The van der Waals surface area contributed by atoms with Gasteiger partial charge in [0.25, 0.3) is 21.6 Å². The predicted octanol–water partition coefficient (Wildman–Crippen LogP) is 7.63. The number of nitrogens with one attached hydrogen (secondary N) is 3. The van der Waals surface area contributed by atoms with E-state index in [9.17, 15) is 28.4 Å². The number of H-pyrrole nitrogens is 1. The summed E-state index contributed by atoms with van der Waals surface area (Å²) < 4.78 is 41.1. The molecule has 2 saturated heterocycles. The van der Waals surface area contributed by atoms with Gasteiger partial charge in [0.1, 0.15) is 22.8 Å². The summed E-state index contributed by atoms with van der Waals surface area (Å²) in [6.45, 7) is 9.42. The van der Waals surface area contributed by atoms with Crippen LogP contribution in [0.4, 0.5) is 17.1 Å². The Morgan fingerprint density at radius 2 is 1.81 bits per heavy atom. The van der Waals surface area contributed by atoms with Crippen LogP contribution in [-0.2, 0) is 14.8 Å². The van der Waals surface area contributed by atoms with Gasteiger partial charge in [0.15, 0.2) is 0 Å². The fourth-order valence-corrected chi connectivity index (χ4v) is 9.53. The molecule has 2 fully saturated rings. The maximum absolute atomic E-state index is 13.9. The highest BCUT2D eigenvalue weighted by molar-refractivity contribution is 7.90. The topological polar surface area (TPSA) is 192 Å². The number of carbonyl (C=O) groups is 1. The molecule has 1 aliphatic carbocycles. The molecule has 2 aliphatic heterocycles. The van der Waals surface area contributed by atoms with Crippen LogP contribution in [0.2, 0.25) is 5.02 Å². The number of rotatable bonds is 13. The molecule has 1 atom stereocenters. The molecule has 0 bridgehead atoms. The lowest BCUT2D eigenvalue weighted by Gasteiger charge is -2.41. The predicted molar refractivity (Wildman–Crippen MR) is 238 cm³/mol. The summed E-state index contributed by atoms with van der Waals surface area (Å²) in [5.41, 5.74) is 4.02. The Hall–Kier alpha value is -5.52. The van der Waals surface area contributed by atoms with E-state index in [0.717, 1.165) is 67.0 Å². The molecule has 4 heterocycles. The highest BCUT2D eigenvalue weighted by Gasteiger charge is 2.37. The number of aliphatic hydroxyl groups is 1. The lowest BCUT2D eigenvalue weighted by atomic mass is 9.70. The molecule has 3 aromatic carbocycles. The third-order valence-corrected chi connectivity index (χ3v) is 13.8. The van der Waals surface area contributed by atoms with Gasteiger partial charge in [-0.15, -0.1) is 0 Å². The number of aromatic amines is 1. The van der Waals surface area contributed by atoms with Crippen molar-refractivity contribution < 1.29 is 32.7 Å². The van der Waals surface area contributed by atoms with Crippen LogP contribution in [0.1, 0.15) is 55.5 Å². The molecule has 1 amide bonds. The van der Waals surface area contributed by atoms with Gasteiger partial charge < -0.3 is 29.8 Å². The van der Waals surface area contributed by atoms with Gasteiger partial charge in [-0.1, -0.05) is 37.6 Å². The fourth-order valence-electron chi connectivity index (χ4n) is 8.42. The second-order valence-corrected chi connectivity index (χ2v) is 19.0. The minimum atomic E-state index is -4.57. The Morgan fingerprint density at radius 1 is 1.05 bits per heavy atom. The maximum Gasteiger partial charge on any atom is 0.293 e. The number of nitrogens with zero attached hydrogens (tertiary/aromatic N) is 4. The molecular formula is C45H50ClN7O8S. The van der Waals surface area contributed by atoms with Crippen LogP contribution in [0.5, 0.6) is 11.5 Å². The summed E-state index contributed by atoms with van der Waals surface area (Å²) in [5, 5.41) is 28.1. The van der Waals surface area contributed by atoms with Crippen molar-refractivity contribution in [3.05, 3.63) is 117 Å². The first-order chi connectivity index (χ1) is 29.7. The van der Waals surface area contributed by atoms with Crippen molar-refractivity contribution in [3.8, 4) is 11.5 Å². The highest BCUT2D eigenvalue weighted by atomic mass is 35.5.